The van der Waals surface area contributed by atoms with E-state index >= 15 is 0 Å². The van der Waals surface area contributed by atoms with E-state index in [9.17, 15) is 4.79 Å². The van der Waals surface area contributed by atoms with Crippen molar-refractivity contribution in [2.75, 3.05) is 0 Å². The van der Waals surface area contributed by atoms with E-state index < -0.39 is 18.8 Å². The summed E-state index contributed by atoms with van der Waals surface area (Å²) in [6.45, 7) is 10.9. The molecule has 0 saturated heterocycles. The second kappa shape index (κ2) is 9.23. The number of hydrogen-bond acceptors (Lipinski definition) is 2. The Morgan fingerprint density at radius 3 is 1.94 bits per heavy atom. The molecule has 0 heterocycles. The topological polar surface area (TPSA) is 26.3 Å². The number of unbranched alkanes of at least 4 members (excludes halogenated alkanes) is 1. The maximum absolute atomic E-state index is 12.2. The Hall–Kier alpha value is 0.269. The van der Waals surface area contributed by atoms with E-state index in [1.165, 1.54) is 0 Å². The van der Waals surface area contributed by atoms with Gasteiger partial charge < -0.3 is 0 Å². The first-order chi connectivity index (χ1) is 8.09. The van der Waals surface area contributed by atoms with Crippen LogP contribution in [0.25, 0.3) is 0 Å². The SMILES string of the molecule is CCCCC(CC)C(=O)[O][Sn]([CH2]C)([CH2]C)[CH2]C. The number of rotatable bonds is 9. The molecule has 2 nitrogen and oxygen atoms in total. The zero-order valence-corrected chi connectivity index (χ0v) is 15.2. The molecule has 0 N–H and O–H groups in total. The van der Waals surface area contributed by atoms with Gasteiger partial charge in [-0.3, -0.25) is 0 Å². The summed E-state index contributed by atoms with van der Waals surface area (Å²) in [5.41, 5.74) is 0. The third kappa shape index (κ3) is 5.62. The van der Waals surface area contributed by atoms with Crippen molar-refractivity contribution in [1.29, 1.82) is 0 Å². The van der Waals surface area contributed by atoms with Crippen LogP contribution in [0.3, 0.4) is 0 Å². The van der Waals surface area contributed by atoms with Crippen molar-refractivity contribution in [3.05, 3.63) is 0 Å². The van der Waals surface area contributed by atoms with Crippen LogP contribution in [0.15, 0.2) is 0 Å². The molecule has 1 unspecified atom stereocenters. The first kappa shape index (κ1) is 17.3. The van der Waals surface area contributed by atoms with Crippen molar-refractivity contribution < 1.29 is 7.87 Å². The van der Waals surface area contributed by atoms with Crippen molar-refractivity contribution in [3.8, 4) is 0 Å². The Morgan fingerprint density at radius 2 is 1.59 bits per heavy atom. The normalized spacial score (nSPS) is 13.5. The minimum atomic E-state index is -2.53. The number of carbonyl (C=O) groups is 1. The van der Waals surface area contributed by atoms with Gasteiger partial charge in [0.1, 0.15) is 0 Å². The van der Waals surface area contributed by atoms with Crippen molar-refractivity contribution in [1.82, 2.24) is 0 Å². The van der Waals surface area contributed by atoms with Crippen LogP contribution in [0.1, 0.15) is 60.3 Å². The molecule has 17 heavy (non-hydrogen) atoms. The molecule has 0 aromatic carbocycles. The molecule has 0 spiro atoms. The maximum atomic E-state index is 12.2. The van der Waals surface area contributed by atoms with Crippen LogP contribution in [0.2, 0.25) is 13.3 Å². The summed E-state index contributed by atoms with van der Waals surface area (Å²) in [7, 11) is 0. The molecule has 0 radical (unpaired) electrons. The van der Waals surface area contributed by atoms with Gasteiger partial charge in [0.2, 0.25) is 0 Å². The van der Waals surface area contributed by atoms with Gasteiger partial charge in [-0.2, -0.15) is 0 Å². The van der Waals surface area contributed by atoms with Crippen molar-refractivity contribution in [2.45, 2.75) is 73.6 Å². The van der Waals surface area contributed by atoms with Crippen LogP contribution in [0.5, 0.6) is 0 Å². The molecule has 0 fully saturated rings. The third-order valence-corrected chi connectivity index (χ3v) is 16.8. The van der Waals surface area contributed by atoms with E-state index in [0.717, 1.165) is 39.0 Å². The third-order valence-electron chi connectivity index (χ3n) is 3.98. The van der Waals surface area contributed by atoms with Crippen molar-refractivity contribution >= 4 is 24.8 Å². The summed E-state index contributed by atoms with van der Waals surface area (Å²) >= 11 is -2.53. The predicted octanol–water partition coefficient (Wildman–Crippen LogP) is 4.75. The molecule has 1 atom stereocenters. The Kier molecular flexibility index (Phi) is 9.38. The van der Waals surface area contributed by atoms with Gasteiger partial charge in [-0.15, -0.1) is 0 Å². The minimum absolute atomic E-state index is 0.113. The van der Waals surface area contributed by atoms with E-state index in [-0.39, 0.29) is 11.9 Å². The van der Waals surface area contributed by atoms with Crippen LogP contribution in [-0.4, -0.2) is 24.8 Å². The Bertz CT molecular complexity index is 204. The van der Waals surface area contributed by atoms with E-state index in [2.05, 4.69) is 34.6 Å². The fraction of sp³-hybridized carbons (Fsp3) is 0.929. The molecule has 0 rings (SSSR count). The summed E-state index contributed by atoms with van der Waals surface area (Å²) in [4.78, 5) is 12.2. The number of hydrogen-bond donors (Lipinski definition) is 0. The van der Waals surface area contributed by atoms with E-state index in [1.807, 2.05) is 0 Å². The van der Waals surface area contributed by atoms with Crippen LogP contribution < -0.4 is 0 Å². The summed E-state index contributed by atoms with van der Waals surface area (Å²) < 4.78 is 9.37. The van der Waals surface area contributed by atoms with Gasteiger partial charge in [0.05, 0.1) is 0 Å². The Balaban J connectivity index is 4.46. The number of carbonyl (C=O) groups excluding carboxylic acids is 1. The Labute approximate surface area is 112 Å². The van der Waals surface area contributed by atoms with Gasteiger partial charge in [-0.05, 0) is 0 Å². The van der Waals surface area contributed by atoms with Crippen molar-refractivity contribution in [3.63, 3.8) is 0 Å². The molecular formula is C14H30O2Sn. The molecular weight excluding hydrogens is 319 g/mol. The molecule has 0 aliphatic carbocycles. The van der Waals surface area contributed by atoms with Crippen LogP contribution in [-0.2, 0) is 7.87 Å². The zero-order valence-electron chi connectivity index (χ0n) is 12.3. The average Bonchev–Trinajstić information content (AvgIpc) is 2.37. The predicted molar refractivity (Wildman–Crippen MR) is 76.6 cm³/mol. The van der Waals surface area contributed by atoms with Gasteiger partial charge in [0.15, 0.2) is 0 Å². The first-order valence-electron chi connectivity index (χ1n) is 7.31. The second-order valence-electron chi connectivity index (χ2n) is 4.91. The fourth-order valence-electron chi connectivity index (χ4n) is 2.20. The van der Waals surface area contributed by atoms with Crippen molar-refractivity contribution in [2.24, 2.45) is 5.92 Å². The van der Waals surface area contributed by atoms with Gasteiger partial charge in [0, 0.05) is 0 Å². The summed E-state index contributed by atoms with van der Waals surface area (Å²) in [5, 5.41) is 0. The molecule has 0 saturated carbocycles. The van der Waals surface area contributed by atoms with Gasteiger partial charge in [-0.25, -0.2) is 0 Å². The van der Waals surface area contributed by atoms with E-state index in [0.29, 0.717) is 0 Å². The van der Waals surface area contributed by atoms with E-state index in [1.54, 1.807) is 0 Å². The molecule has 0 bridgehead atoms. The van der Waals surface area contributed by atoms with Crippen LogP contribution in [0.4, 0.5) is 0 Å². The van der Waals surface area contributed by atoms with Gasteiger partial charge in [-0.1, -0.05) is 0 Å². The van der Waals surface area contributed by atoms with Gasteiger partial charge in [0.25, 0.3) is 0 Å². The molecule has 102 valence electrons. The molecule has 0 amide bonds. The van der Waals surface area contributed by atoms with Gasteiger partial charge >= 0.3 is 112 Å². The summed E-state index contributed by atoms with van der Waals surface area (Å²) in [6.07, 6.45) is 4.23. The summed E-state index contributed by atoms with van der Waals surface area (Å²) in [5.74, 6) is 0.262. The first-order valence-corrected chi connectivity index (χ1v) is 14.5. The molecule has 0 aliphatic rings. The summed E-state index contributed by atoms with van der Waals surface area (Å²) in [6, 6.07) is 0. The van der Waals surface area contributed by atoms with E-state index in [4.69, 9.17) is 3.07 Å². The average molecular weight is 349 g/mol. The monoisotopic (exact) mass is 350 g/mol. The zero-order chi connectivity index (χ0) is 13.3. The molecule has 3 heteroatoms. The quantitative estimate of drug-likeness (QED) is 0.562. The standard InChI is InChI=1S/C8H16O2.3C2H5.Sn/c1-3-5-6-7(4-2)8(9)10;3*1-2;/h7H,3-6H2,1-2H3,(H,9,10);3*1H2,2H3;/q;;;;+1/p-1. The fourth-order valence-corrected chi connectivity index (χ4v) is 9.41. The van der Waals surface area contributed by atoms with Crippen LogP contribution in [0, 0.1) is 5.92 Å². The Morgan fingerprint density at radius 1 is 1.06 bits per heavy atom. The molecule has 0 aliphatic heterocycles. The molecule has 0 aromatic rings. The second-order valence-corrected chi connectivity index (χ2v) is 18.3. The molecule has 0 aromatic heterocycles. The van der Waals surface area contributed by atoms with Crippen LogP contribution >= 0.6 is 0 Å².